The maximum Gasteiger partial charge on any atom is 0.106 e. The van der Waals surface area contributed by atoms with Crippen molar-refractivity contribution in [2.45, 2.75) is 18.4 Å². The Morgan fingerprint density at radius 3 is 2.92 bits per heavy atom. The monoisotopic (exact) mass is 192 g/mol. The van der Waals surface area contributed by atoms with E-state index in [1.807, 2.05) is 11.4 Å². The molecule has 0 spiro atoms. The molecule has 0 radical (unpaired) electrons. The maximum atomic E-state index is 10.5. The third kappa shape index (κ3) is 0.960. The summed E-state index contributed by atoms with van der Waals surface area (Å²) in [5.41, 5.74) is -0.534. The molecule has 3 atom stereocenters. The first-order valence-electron chi connectivity index (χ1n) is 4.74. The van der Waals surface area contributed by atoms with Crippen molar-refractivity contribution < 1.29 is 5.11 Å². The van der Waals surface area contributed by atoms with Gasteiger partial charge in [0.25, 0.3) is 0 Å². The van der Waals surface area contributed by atoms with Gasteiger partial charge in [0.1, 0.15) is 5.60 Å². The Balaban J connectivity index is 2.03. The molecular formula is C11H12OS. The first-order valence-corrected chi connectivity index (χ1v) is 5.62. The van der Waals surface area contributed by atoms with Gasteiger partial charge >= 0.3 is 0 Å². The topological polar surface area (TPSA) is 20.2 Å². The second-order valence-corrected chi connectivity index (χ2v) is 5.04. The Kier molecular flexibility index (Phi) is 1.47. The number of thiophene rings is 1. The SMILES string of the molecule is OC1(c2cccs2)CC2C=CC1C2. The summed E-state index contributed by atoms with van der Waals surface area (Å²) < 4.78 is 0. The quantitative estimate of drug-likeness (QED) is 0.678. The summed E-state index contributed by atoms with van der Waals surface area (Å²) in [5.74, 6) is 0.994. The van der Waals surface area contributed by atoms with Gasteiger partial charge in [-0.25, -0.2) is 0 Å². The van der Waals surface area contributed by atoms with Crippen LogP contribution in [0.4, 0.5) is 0 Å². The van der Waals surface area contributed by atoms with Gasteiger partial charge in [0.2, 0.25) is 0 Å². The fourth-order valence-corrected chi connectivity index (χ4v) is 3.54. The van der Waals surface area contributed by atoms with Gasteiger partial charge in [-0.15, -0.1) is 11.3 Å². The molecule has 2 aliphatic carbocycles. The molecule has 3 rings (SSSR count). The van der Waals surface area contributed by atoms with Crippen LogP contribution in [-0.4, -0.2) is 5.11 Å². The lowest BCUT2D eigenvalue weighted by atomic mass is 9.87. The molecule has 1 heterocycles. The normalized spacial score (nSPS) is 41.6. The highest BCUT2D eigenvalue weighted by molar-refractivity contribution is 7.10. The molecule has 1 aromatic rings. The van der Waals surface area contributed by atoms with Crippen molar-refractivity contribution in [3.8, 4) is 0 Å². The van der Waals surface area contributed by atoms with E-state index in [1.54, 1.807) is 11.3 Å². The lowest BCUT2D eigenvalue weighted by Crippen LogP contribution is -2.29. The van der Waals surface area contributed by atoms with Gasteiger partial charge in [0, 0.05) is 10.8 Å². The van der Waals surface area contributed by atoms with Gasteiger partial charge in [-0.2, -0.15) is 0 Å². The Bertz CT molecular complexity index is 341. The van der Waals surface area contributed by atoms with Gasteiger partial charge in [-0.1, -0.05) is 18.2 Å². The van der Waals surface area contributed by atoms with Crippen LogP contribution in [0.25, 0.3) is 0 Å². The van der Waals surface area contributed by atoms with Gasteiger partial charge in [-0.05, 0) is 30.2 Å². The summed E-state index contributed by atoms with van der Waals surface area (Å²) in [6, 6.07) is 4.08. The van der Waals surface area contributed by atoms with Crippen LogP contribution in [0.1, 0.15) is 17.7 Å². The fraction of sp³-hybridized carbons (Fsp3) is 0.455. The largest absolute Gasteiger partial charge is 0.384 e. The van der Waals surface area contributed by atoms with Gasteiger partial charge < -0.3 is 5.11 Å². The van der Waals surface area contributed by atoms with E-state index in [9.17, 15) is 5.11 Å². The van der Waals surface area contributed by atoms with Gasteiger partial charge in [-0.3, -0.25) is 0 Å². The summed E-state index contributed by atoms with van der Waals surface area (Å²) in [7, 11) is 0. The number of allylic oxidation sites excluding steroid dienone is 1. The van der Waals surface area contributed by atoms with E-state index >= 15 is 0 Å². The van der Waals surface area contributed by atoms with E-state index in [2.05, 4.69) is 18.2 Å². The van der Waals surface area contributed by atoms with E-state index in [4.69, 9.17) is 0 Å². The van der Waals surface area contributed by atoms with Crippen LogP contribution in [-0.2, 0) is 5.60 Å². The van der Waals surface area contributed by atoms with Crippen LogP contribution >= 0.6 is 11.3 Å². The summed E-state index contributed by atoms with van der Waals surface area (Å²) in [5, 5.41) is 12.5. The molecule has 1 saturated carbocycles. The molecule has 2 bridgehead atoms. The summed E-state index contributed by atoms with van der Waals surface area (Å²) in [6.07, 6.45) is 6.52. The van der Waals surface area contributed by atoms with Crippen molar-refractivity contribution in [1.29, 1.82) is 0 Å². The minimum Gasteiger partial charge on any atom is -0.384 e. The molecule has 2 aliphatic rings. The molecule has 0 aliphatic heterocycles. The fourth-order valence-electron chi connectivity index (χ4n) is 2.64. The van der Waals surface area contributed by atoms with Crippen molar-refractivity contribution in [1.82, 2.24) is 0 Å². The van der Waals surface area contributed by atoms with Crippen molar-refractivity contribution in [2.24, 2.45) is 11.8 Å². The maximum absolute atomic E-state index is 10.5. The molecule has 1 aromatic heterocycles. The minimum absolute atomic E-state index is 0.371. The van der Waals surface area contributed by atoms with E-state index in [1.165, 1.54) is 0 Å². The summed E-state index contributed by atoms with van der Waals surface area (Å²) in [6.45, 7) is 0. The lowest BCUT2D eigenvalue weighted by molar-refractivity contribution is 0.0140. The third-order valence-corrected chi connectivity index (χ3v) is 4.34. The standard InChI is InChI=1S/C11H12OS/c12-11(10-2-1-5-13-10)7-8-3-4-9(11)6-8/h1-5,8-9,12H,6-7H2. The van der Waals surface area contributed by atoms with Crippen LogP contribution < -0.4 is 0 Å². The van der Waals surface area contributed by atoms with Crippen LogP contribution in [0, 0.1) is 11.8 Å². The number of rotatable bonds is 1. The molecule has 68 valence electrons. The van der Waals surface area contributed by atoms with E-state index in [-0.39, 0.29) is 0 Å². The predicted octanol–water partition coefficient (Wildman–Crippen LogP) is 2.53. The highest BCUT2D eigenvalue weighted by atomic mass is 32.1. The molecule has 13 heavy (non-hydrogen) atoms. The molecule has 0 aromatic carbocycles. The molecule has 0 amide bonds. The molecule has 0 saturated heterocycles. The molecule has 1 nitrogen and oxygen atoms in total. The van der Waals surface area contributed by atoms with Crippen molar-refractivity contribution >= 4 is 11.3 Å². The molecular weight excluding hydrogens is 180 g/mol. The van der Waals surface area contributed by atoms with Crippen LogP contribution in [0.15, 0.2) is 29.7 Å². The molecule has 3 unspecified atom stereocenters. The smallest absolute Gasteiger partial charge is 0.106 e. The zero-order chi connectivity index (χ0) is 8.89. The minimum atomic E-state index is -0.534. The molecule has 2 heteroatoms. The third-order valence-electron chi connectivity index (χ3n) is 3.31. The molecule has 1 N–H and O–H groups in total. The second kappa shape index (κ2) is 2.46. The molecule has 1 fully saturated rings. The number of aliphatic hydroxyl groups is 1. The predicted molar refractivity (Wildman–Crippen MR) is 53.6 cm³/mol. The number of hydrogen-bond acceptors (Lipinski definition) is 2. The summed E-state index contributed by atoms with van der Waals surface area (Å²) in [4.78, 5) is 1.14. The van der Waals surface area contributed by atoms with Crippen molar-refractivity contribution in [3.63, 3.8) is 0 Å². The van der Waals surface area contributed by atoms with E-state index < -0.39 is 5.60 Å². The Morgan fingerprint density at radius 1 is 1.46 bits per heavy atom. The lowest BCUT2D eigenvalue weighted by Gasteiger charge is -2.28. The average molecular weight is 192 g/mol. The zero-order valence-corrected chi connectivity index (χ0v) is 8.13. The average Bonchev–Trinajstić information content (AvgIpc) is 2.79. The van der Waals surface area contributed by atoms with Crippen molar-refractivity contribution in [3.05, 3.63) is 34.5 Å². The zero-order valence-electron chi connectivity index (χ0n) is 7.31. The van der Waals surface area contributed by atoms with Crippen LogP contribution in [0.5, 0.6) is 0 Å². The number of hydrogen-bond donors (Lipinski definition) is 1. The van der Waals surface area contributed by atoms with E-state index in [0.717, 1.165) is 17.7 Å². The number of fused-ring (bicyclic) bond motifs is 2. The highest BCUT2D eigenvalue weighted by Crippen LogP contribution is 2.52. The van der Waals surface area contributed by atoms with Gasteiger partial charge in [0.15, 0.2) is 0 Å². The van der Waals surface area contributed by atoms with Crippen LogP contribution in [0.2, 0.25) is 0 Å². The van der Waals surface area contributed by atoms with Crippen LogP contribution in [0.3, 0.4) is 0 Å². The summed E-state index contributed by atoms with van der Waals surface area (Å²) >= 11 is 1.67. The van der Waals surface area contributed by atoms with Gasteiger partial charge in [0.05, 0.1) is 0 Å². The Hall–Kier alpha value is -0.600. The Morgan fingerprint density at radius 2 is 2.38 bits per heavy atom. The van der Waals surface area contributed by atoms with Crippen molar-refractivity contribution in [2.75, 3.05) is 0 Å². The first-order chi connectivity index (χ1) is 6.29. The first kappa shape index (κ1) is 7.77. The second-order valence-electron chi connectivity index (χ2n) is 4.09. The van der Waals surface area contributed by atoms with E-state index in [0.29, 0.717) is 11.8 Å². The Labute approximate surface area is 81.7 Å². The highest BCUT2D eigenvalue weighted by Gasteiger charge is 2.48.